The van der Waals surface area contributed by atoms with Crippen LogP contribution >= 0.6 is 0 Å². The fourth-order valence-electron chi connectivity index (χ4n) is 4.71. The van der Waals surface area contributed by atoms with Gasteiger partial charge in [-0.15, -0.1) is 0 Å². The fourth-order valence-corrected chi connectivity index (χ4v) is 4.71. The third-order valence-electron chi connectivity index (χ3n) is 6.80. The molecule has 0 saturated carbocycles. The number of rotatable bonds is 8. The molecule has 0 radical (unpaired) electrons. The van der Waals surface area contributed by atoms with Crippen LogP contribution in [0.2, 0.25) is 0 Å². The third kappa shape index (κ3) is 5.44. The molecule has 1 aliphatic heterocycles. The van der Waals surface area contributed by atoms with Gasteiger partial charge in [0.2, 0.25) is 0 Å². The van der Waals surface area contributed by atoms with Gasteiger partial charge >= 0.3 is 12.3 Å². The molecule has 5 rings (SSSR count). The van der Waals surface area contributed by atoms with Crippen LogP contribution < -0.4 is 15.8 Å². The van der Waals surface area contributed by atoms with Gasteiger partial charge < -0.3 is 25.4 Å². The lowest BCUT2D eigenvalue weighted by Crippen LogP contribution is -2.30. The molecule has 1 atom stereocenters. The van der Waals surface area contributed by atoms with Gasteiger partial charge in [0.1, 0.15) is 41.0 Å². The number of nitrogens with two attached hydrogens (primary N) is 1. The Hall–Kier alpha value is -4.88. The average molecular weight is 570 g/mol. The molecule has 0 unspecified atom stereocenters. The molecule has 11 nitrogen and oxygen atoms in total. The molecule has 1 saturated heterocycles. The molecule has 1 fully saturated rings. The third-order valence-corrected chi connectivity index (χ3v) is 6.80. The van der Waals surface area contributed by atoms with Crippen molar-refractivity contribution < 1.29 is 32.2 Å². The summed E-state index contributed by atoms with van der Waals surface area (Å²) >= 11 is 0. The highest BCUT2D eigenvalue weighted by atomic mass is 19.4. The Bertz CT molecular complexity index is 1620. The molecule has 1 aromatic carbocycles. The number of cyclic esters (lactones) is 1. The van der Waals surface area contributed by atoms with E-state index >= 15 is 0 Å². The molecule has 14 heteroatoms. The van der Waals surface area contributed by atoms with Crippen LogP contribution in [-0.4, -0.2) is 63.1 Å². The summed E-state index contributed by atoms with van der Waals surface area (Å²) in [7, 11) is 1.42. The van der Waals surface area contributed by atoms with Gasteiger partial charge in [-0.25, -0.2) is 19.7 Å². The molecular weight excluding hydrogens is 543 g/mol. The number of nitrogens with one attached hydrogen (secondary N) is 1. The summed E-state index contributed by atoms with van der Waals surface area (Å²) < 4.78 is 51.7. The second-order valence-electron chi connectivity index (χ2n) is 9.31. The molecule has 3 N–H and O–H groups in total. The predicted octanol–water partition coefficient (Wildman–Crippen LogP) is 4.60. The lowest BCUT2D eigenvalue weighted by atomic mass is 10.0. The minimum absolute atomic E-state index is 0.124. The first-order valence-corrected chi connectivity index (χ1v) is 12.7. The zero-order valence-electron chi connectivity index (χ0n) is 22.1. The maximum Gasteiger partial charge on any atom is 0.416 e. The summed E-state index contributed by atoms with van der Waals surface area (Å²) in [6.45, 7) is 3.21. The zero-order valence-corrected chi connectivity index (χ0v) is 22.1. The molecule has 1 aliphatic rings. The number of halogens is 3. The van der Waals surface area contributed by atoms with Gasteiger partial charge in [-0.1, -0.05) is 6.92 Å². The van der Waals surface area contributed by atoms with Crippen molar-refractivity contribution in [2.45, 2.75) is 25.4 Å². The SMILES string of the molecule is CC[C@H](CN1CCOC1=O)c1nc(-c2ccc(C(=O)Nc3cc(C(F)(F)F)ccn3)cc2OC)c2c(N)nccn12. The molecule has 214 valence electrons. The summed E-state index contributed by atoms with van der Waals surface area (Å²) in [4.78, 5) is 39.6. The minimum Gasteiger partial charge on any atom is -0.496 e. The van der Waals surface area contributed by atoms with Gasteiger partial charge in [0.25, 0.3) is 5.91 Å². The van der Waals surface area contributed by atoms with Crippen molar-refractivity contribution in [2.24, 2.45) is 0 Å². The van der Waals surface area contributed by atoms with E-state index in [0.29, 0.717) is 48.7 Å². The Morgan fingerprint density at radius 1 is 1.22 bits per heavy atom. The van der Waals surface area contributed by atoms with Crippen molar-refractivity contribution in [1.82, 2.24) is 24.3 Å². The number of hydrogen-bond acceptors (Lipinski definition) is 8. The van der Waals surface area contributed by atoms with Crippen molar-refractivity contribution in [2.75, 3.05) is 37.9 Å². The van der Waals surface area contributed by atoms with Gasteiger partial charge in [0.15, 0.2) is 0 Å². The number of fused-ring (bicyclic) bond motifs is 1. The van der Waals surface area contributed by atoms with Gasteiger partial charge in [-0.05, 0) is 36.8 Å². The Morgan fingerprint density at radius 2 is 2.02 bits per heavy atom. The number of pyridine rings is 1. The highest BCUT2D eigenvalue weighted by molar-refractivity contribution is 6.04. The monoisotopic (exact) mass is 569 g/mol. The number of benzene rings is 1. The van der Waals surface area contributed by atoms with E-state index in [1.165, 1.54) is 19.2 Å². The van der Waals surface area contributed by atoms with Gasteiger partial charge in [-0.3, -0.25) is 9.20 Å². The van der Waals surface area contributed by atoms with E-state index in [0.717, 1.165) is 18.3 Å². The fraction of sp³-hybridized carbons (Fsp3) is 0.296. The Balaban J connectivity index is 1.50. The normalized spacial score (nSPS) is 14.3. The van der Waals surface area contributed by atoms with Crippen LogP contribution in [0.5, 0.6) is 5.75 Å². The predicted molar refractivity (Wildman–Crippen MR) is 143 cm³/mol. The quantitative estimate of drug-likeness (QED) is 0.314. The molecular formula is C27H26F3N7O4. The lowest BCUT2D eigenvalue weighted by molar-refractivity contribution is -0.137. The van der Waals surface area contributed by atoms with E-state index < -0.39 is 17.6 Å². The van der Waals surface area contributed by atoms with Crippen LogP contribution in [0.4, 0.5) is 29.6 Å². The molecule has 4 aromatic rings. The van der Waals surface area contributed by atoms with Gasteiger partial charge in [0.05, 0.1) is 19.2 Å². The van der Waals surface area contributed by atoms with E-state index in [1.54, 1.807) is 23.4 Å². The molecule has 3 aromatic heterocycles. The summed E-state index contributed by atoms with van der Waals surface area (Å²) in [5.41, 5.74) is 6.97. The van der Waals surface area contributed by atoms with Crippen LogP contribution in [0.25, 0.3) is 16.8 Å². The van der Waals surface area contributed by atoms with Crippen LogP contribution in [0.1, 0.15) is 41.0 Å². The number of methoxy groups -OCH3 is 1. The van der Waals surface area contributed by atoms with E-state index in [4.69, 9.17) is 20.2 Å². The Kier molecular flexibility index (Phi) is 7.39. The summed E-state index contributed by atoms with van der Waals surface area (Å²) in [5, 5.41) is 2.39. The summed E-state index contributed by atoms with van der Waals surface area (Å²) in [6.07, 6.45) is -0.0196. The molecule has 0 aliphatic carbocycles. The smallest absolute Gasteiger partial charge is 0.416 e. The molecule has 0 bridgehead atoms. The first kappa shape index (κ1) is 27.7. The van der Waals surface area contributed by atoms with Gasteiger partial charge in [0, 0.05) is 42.2 Å². The number of carbonyl (C=O) groups excluding carboxylic acids is 2. The highest BCUT2D eigenvalue weighted by Crippen LogP contribution is 2.37. The van der Waals surface area contributed by atoms with Crippen molar-refractivity contribution >= 4 is 29.2 Å². The first-order valence-electron chi connectivity index (χ1n) is 12.7. The van der Waals surface area contributed by atoms with E-state index in [2.05, 4.69) is 15.3 Å². The number of alkyl halides is 3. The van der Waals surface area contributed by atoms with Crippen LogP contribution in [0.3, 0.4) is 0 Å². The number of anilines is 2. The van der Waals surface area contributed by atoms with Crippen molar-refractivity contribution in [3.63, 3.8) is 0 Å². The minimum atomic E-state index is -4.58. The summed E-state index contributed by atoms with van der Waals surface area (Å²) in [6, 6.07) is 6.13. The number of nitrogen functional groups attached to an aromatic ring is 1. The maximum atomic E-state index is 13.1. The number of amides is 2. The number of hydrogen-bond donors (Lipinski definition) is 2. The number of imidazole rings is 1. The van der Waals surface area contributed by atoms with Crippen molar-refractivity contribution in [1.29, 1.82) is 0 Å². The topological polar surface area (TPSA) is 137 Å². The number of ether oxygens (including phenoxy) is 2. The van der Waals surface area contributed by atoms with Crippen molar-refractivity contribution in [3.05, 3.63) is 65.9 Å². The average Bonchev–Trinajstić information content (AvgIpc) is 3.54. The van der Waals surface area contributed by atoms with Crippen LogP contribution in [0, 0.1) is 0 Å². The molecule has 0 spiro atoms. The zero-order chi connectivity index (χ0) is 29.3. The van der Waals surface area contributed by atoms with E-state index in [9.17, 15) is 22.8 Å². The van der Waals surface area contributed by atoms with Crippen LogP contribution in [0.15, 0.2) is 48.9 Å². The number of nitrogens with zero attached hydrogens (tertiary/aromatic N) is 5. The maximum absolute atomic E-state index is 13.1. The largest absolute Gasteiger partial charge is 0.496 e. The highest BCUT2D eigenvalue weighted by Gasteiger charge is 2.31. The summed E-state index contributed by atoms with van der Waals surface area (Å²) in [5.74, 6) is 0.0769. The molecule has 41 heavy (non-hydrogen) atoms. The standard InChI is InChI=1S/C27H26F3N7O4/c1-3-15(14-36-10-11-41-26(36)39)24-35-21(22-23(31)33-8-9-37(22)24)18-5-4-16(12-19(18)40-2)25(38)34-20-13-17(6-7-32-20)27(28,29)30/h4-9,12-13,15H,3,10-11,14H2,1-2H3,(H2,31,33)(H,32,34,38)/t15-/m1/s1. The number of aromatic nitrogens is 4. The Morgan fingerprint density at radius 3 is 2.71 bits per heavy atom. The van der Waals surface area contributed by atoms with Crippen molar-refractivity contribution in [3.8, 4) is 17.0 Å². The lowest BCUT2D eigenvalue weighted by Gasteiger charge is -2.20. The second-order valence-corrected chi connectivity index (χ2v) is 9.31. The van der Waals surface area contributed by atoms with Gasteiger partial charge in [-0.2, -0.15) is 13.2 Å². The van der Waals surface area contributed by atoms with E-state index in [1.807, 2.05) is 11.3 Å². The molecule has 4 heterocycles. The van der Waals surface area contributed by atoms with Crippen LogP contribution in [-0.2, 0) is 10.9 Å². The Labute approximate surface area is 232 Å². The second kappa shape index (κ2) is 10.9. The number of carbonyl (C=O) groups is 2. The first-order chi connectivity index (χ1) is 19.6. The molecule has 2 amide bonds. The van der Waals surface area contributed by atoms with E-state index in [-0.39, 0.29) is 35.0 Å².